The molecule has 0 aliphatic carbocycles. The predicted octanol–water partition coefficient (Wildman–Crippen LogP) is 7.90. The molecule has 202 valence electrons. The van der Waals surface area contributed by atoms with E-state index in [0.717, 1.165) is 61.6 Å². The Morgan fingerprint density at radius 2 is 1.05 bits per heavy atom. The molecule has 0 unspecified atom stereocenters. The monoisotopic (exact) mass is 551 g/mol. The van der Waals surface area contributed by atoms with Crippen LogP contribution >= 0.6 is 0 Å². The summed E-state index contributed by atoms with van der Waals surface area (Å²) in [4.78, 5) is 0. The van der Waals surface area contributed by atoms with Gasteiger partial charge in [-0.25, -0.2) is 0 Å². The van der Waals surface area contributed by atoms with Crippen molar-refractivity contribution in [3.63, 3.8) is 0 Å². The van der Waals surface area contributed by atoms with E-state index in [1.807, 2.05) is 24.3 Å². The summed E-state index contributed by atoms with van der Waals surface area (Å²) in [5.74, 6) is 3.26. The van der Waals surface area contributed by atoms with Gasteiger partial charge in [-0.15, -0.1) is 0 Å². The number of hydrogen-bond acceptors (Lipinski definition) is 3. The van der Waals surface area contributed by atoms with Crippen LogP contribution < -0.4 is 25.9 Å². The summed E-state index contributed by atoms with van der Waals surface area (Å²) in [6, 6.07) is 44.1. The van der Waals surface area contributed by atoms with Gasteiger partial charge in [0, 0.05) is 5.46 Å². The highest BCUT2D eigenvalue weighted by molar-refractivity contribution is 6.98. The van der Waals surface area contributed by atoms with Gasteiger partial charge in [-0.3, -0.25) is 0 Å². The molecule has 4 heteroatoms. The second-order valence-electron chi connectivity index (χ2n) is 11.4. The van der Waals surface area contributed by atoms with Crippen molar-refractivity contribution in [3.8, 4) is 62.4 Å². The molecule has 0 saturated heterocycles. The standard InChI is InChI=1S/C39H26BNO2/c1-24-8-3-5-12-31(24)28-14-16-33-35(19-28)42-37-21-30(27-11-7-10-26(18-27)23-41)22-38-39(37)40(33)34-17-15-29(20-36(34)43-38)32-13-6-4-9-25(32)2/h3-22H,1-2H3. The topological polar surface area (TPSA) is 42.2 Å². The maximum Gasteiger partial charge on any atom is 0.260 e. The van der Waals surface area contributed by atoms with E-state index in [9.17, 15) is 5.26 Å². The Hall–Kier alpha value is -5.53. The molecule has 43 heavy (non-hydrogen) atoms. The SMILES string of the molecule is Cc1ccccc1-c1ccc2c(c1)Oc1cc(-c3cccc(C#N)c3)cc3c1B2c1ccc(-c2ccccc2C)cc1O3. The van der Waals surface area contributed by atoms with Crippen molar-refractivity contribution >= 4 is 23.1 Å². The average molecular weight is 551 g/mol. The Balaban J connectivity index is 1.34. The Bertz CT molecular complexity index is 2020. The van der Waals surface area contributed by atoms with Crippen LogP contribution in [-0.4, -0.2) is 6.71 Å². The number of ether oxygens (including phenoxy) is 2. The molecule has 3 nitrogen and oxygen atoms in total. The fraction of sp³-hybridized carbons (Fsp3) is 0.0513. The minimum atomic E-state index is -0.0335. The van der Waals surface area contributed by atoms with Gasteiger partial charge in [-0.05, 0) is 106 Å². The number of hydrogen-bond donors (Lipinski definition) is 0. The van der Waals surface area contributed by atoms with Crippen molar-refractivity contribution in [2.75, 3.05) is 0 Å². The molecule has 2 aliphatic heterocycles. The second kappa shape index (κ2) is 9.79. The molecule has 0 spiro atoms. The van der Waals surface area contributed by atoms with Crippen molar-refractivity contribution in [1.29, 1.82) is 5.26 Å². The number of nitrogens with zero attached hydrogens (tertiary/aromatic N) is 1. The van der Waals surface area contributed by atoms with Crippen LogP contribution in [0.3, 0.4) is 0 Å². The van der Waals surface area contributed by atoms with Gasteiger partial charge in [0.1, 0.15) is 23.0 Å². The summed E-state index contributed by atoms with van der Waals surface area (Å²) >= 11 is 0. The van der Waals surface area contributed by atoms with E-state index in [4.69, 9.17) is 9.47 Å². The number of aryl methyl sites for hydroxylation is 2. The molecule has 0 radical (unpaired) electrons. The van der Waals surface area contributed by atoms with E-state index in [1.165, 1.54) is 22.3 Å². The Morgan fingerprint density at radius 1 is 0.512 bits per heavy atom. The zero-order chi connectivity index (χ0) is 29.1. The van der Waals surface area contributed by atoms with Crippen molar-refractivity contribution in [2.24, 2.45) is 0 Å². The minimum Gasteiger partial charge on any atom is -0.458 e. The zero-order valence-corrected chi connectivity index (χ0v) is 23.9. The summed E-state index contributed by atoms with van der Waals surface area (Å²) in [6.07, 6.45) is 0. The smallest absolute Gasteiger partial charge is 0.260 e. The van der Waals surface area contributed by atoms with E-state index in [0.29, 0.717) is 5.56 Å². The van der Waals surface area contributed by atoms with Crippen LogP contribution in [0.15, 0.2) is 121 Å². The Morgan fingerprint density at radius 3 is 1.58 bits per heavy atom. The Labute approximate surface area is 251 Å². The third-order valence-corrected chi connectivity index (χ3v) is 8.72. The first-order valence-corrected chi connectivity index (χ1v) is 14.5. The first-order valence-electron chi connectivity index (χ1n) is 14.5. The van der Waals surface area contributed by atoms with E-state index < -0.39 is 0 Å². The number of nitriles is 1. The lowest BCUT2D eigenvalue weighted by Gasteiger charge is -2.34. The molecule has 0 saturated carbocycles. The highest BCUT2D eigenvalue weighted by Crippen LogP contribution is 2.40. The van der Waals surface area contributed by atoms with Crippen molar-refractivity contribution in [1.82, 2.24) is 0 Å². The van der Waals surface area contributed by atoms with Crippen molar-refractivity contribution in [2.45, 2.75) is 13.8 Å². The van der Waals surface area contributed by atoms with Gasteiger partial charge in [-0.2, -0.15) is 5.26 Å². The van der Waals surface area contributed by atoms with Gasteiger partial charge in [-0.1, -0.05) is 84.9 Å². The molecule has 2 heterocycles. The Kier molecular flexibility index (Phi) is 5.74. The zero-order valence-electron chi connectivity index (χ0n) is 23.9. The fourth-order valence-electron chi connectivity index (χ4n) is 6.56. The maximum atomic E-state index is 9.54. The summed E-state index contributed by atoms with van der Waals surface area (Å²) in [5.41, 5.74) is 12.9. The number of benzene rings is 6. The van der Waals surface area contributed by atoms with Crippen LogP contribution in [0.2, 0.25) is 0 Å². The summed E-state index contributed by atoms with van der Waals surface area (Å²) in [7, 11) is 0. The van der Waals surface area contributed by atoms with E-state index in [2.05, 4.69) is 117 Å². The maximum absolute atomic E-state index is 9.54. The predicted molar refractivity (Wildman–Crippen MR) is 175 cm³/mol. The first kappa shape index (κ1) is 25.2. The number of fused-ring (bicyclic) bond motifs is 4. The highest BCUT2D eigenvalue weighted by Gasteiger charge is 2.40. The van der Waals surface area contributed by atoms with Gasteiger partial charge < -0.3 is 9.47 Å². The summed E-state index contributed by atoms with van der Waals surface area (Å²) in [6.45, 7) is 4.24. The minimum absolute atomic E-state index is 0.0335. The van der Waals surface area contributed by atoms with Crippen LogP contribution in [0, 0.1) is 25.2 Å². The van der Waals surface area contributed by atoms with Crippen molar-refractivity contribution in [3.05, 3.63) is 138 Å². The average Bonchev–Trinajstić information content (AvgIpc) is 3.04. The molecule has 0 N–H and O–H groups in total. The van der Waals surface area contributed by atoms with Gasteiger partial charge >= 0.3 is 0 Å². The van der Waals surface area contributed by atoms with Gasteiger partial charge in [0.15, 0.2) is 0 Å². The molecule has 0 amide bonds. The van der Waals surface area contributed by atoms with Crippen LogP contribution in [0.1, 0.15) is 16.7 Å². The van der Waals surface area contributed by atoms with Crippen LogP contribution in [-0.2, 0) is 0 Å². The fourth-order valence-corrected chi connectivity index (χ4v) is 6.56. The third kappa shape index (κ3) is 4.13. The number of rotatable bonds is 3. The molecule has 2 aliphatic rings. The molecule has 6 aromatic carbocycles. The highest BCUT2D eigenvalue weighted by atomic mass is 16.5. The van der Waals surface area contributed by atoms with Gasteiger partial charge in [0.05, 0.1) is 11.6 Å². The largest absolute Gasteiger partial charge is 0.458 e. The summed E-state index contributed by atoms with van der Waals surface area (Å²) < 4.78 is 13.4. The lowest BCUT2D eigenvalue weighted by atomic mass is 9.34. The van der Waals surface area contributed by atoms with E-state index in [-0.39, 0.29) is 6.71 Å². The first-order chi connectivity index (χ1) is 21.1. The quantitative estimate of drug-likeness (QED) is 0.210. The summed E-state index contributed by atoms with van der Waals surface area (Å²) in [5, 5.41) is 9.54. The van der Waals surface area contributed by atoms with Crippen LogP contribution in [0.25, 0.3) is 33.4 Å². The lowest BCUT2D eigenvalue weighted by Crippen LogP contribution is -2.57. The van der Waals surface area contributed by atoms with E-state index in [1.54, 1.807) is 0 Å². The normalized spacial score (nSPS) is 12.3. The molecule has 0 aromatic heterocycles. The molecule has 8 rings (SSSR count). The molecule has 6 aromatic rings. The van der Waals surface area contributed by atoms with Crippen LogP contribution in [0.4, 0.5) is 0 Å². The van der Waals surface area contributed by atoms with Crippen molar-refractivity contribution < 1.29 is 9.47 Å². The van der Waals surface area contributed by atoms with Gasteiger partial charge in [0.2, 0.25) is 0 Å². The van der Waals surface area contributed by atoms with Gasteiger partial charge in [0.25, 0.3) is 6.71 Å². The van der Waals surface area contributed by atoms with Crippen LogP contribution in [0.5, 0.6) is 23.0 Å². The molecular formula is C39H26BNO2. The third-order valence-electron chi connectivity index (χ3n) is 8.72. The lowest BCUT2D eigenvalue weighted by molar-refractivity contribution is 0.465. The second-order valence-corrected chi connectivity index (χ2v) is 11.4. The van der Waals surface area contributed by atoms with E-state index >= 15 is 0 Å². The molecular weight excluding hydrogens is 525 g/mol. The molecule has 0 bridgehead atoms. The molecule has 0 fully saturated rings. The molecule has 0 atom stereocenters.